The van der Waals surface area contributed by atoms with Gasteiger partial charge >= 0.3 is 5.97 Å². The highest BCUT2D eigenvalue weighted by Crippen LogP contribution is 2.19. The van der Waals surface area contributed by atoms with Crippen LogP contribution in [0, 0.1) is 0 Å². The zero-order valence-electron chi connectivity index (χ0n) is 13.4. The van der Waals surface area contributed by atoms with E-state index in [2.05, 4.69) is 26.5 Å². The molecule has 0 aliphatic rings. The van der Waals surface area contributed by atoms with Gasteiger partial charge in [0, 0.05) is 13.3 Å². The monoisotopic (exact) mass is 280 g/mol. The van der Waals surface area contributed by atoms with Crippen LogP contribution in [0.3, 0.4) is 0 Å². The maximum Gasteiger partial charge on any atom is 0.303 e. The molecule has 0 saturated heterocycles. The molecule has 114 valence electrons. The minimum absolute atomic E-state index is 0.316. The summed E-state index contributed by atoms with van der Waals surface area (Å²) in [5.41, 5.74) is 1.40. The summed E-state index contributed by atoms with van der Waals surface area (Å²) >= 11 is 0. The van der Waals surface area contributed by atoms with Gasteiger partial charge in [-0.25, -0.2) is 0 Å². The second-order valence-electron chi connectivity index (χ2n) is 5.75. The minimum atomic E-state index is -1.04. The molecule has 0 radical (unpaired) electrons. The second-order valence-corrected chi connectivity index (χ2v) is 5.75. The van der Waals surface area contributed by atoms with Crippen LogP contribution in [-0.2, 0) is 9.53 Å². The first-order chi connectivity index (χ1) is 9.16. The largest absolute Gasteiger partial charge is 0.458 e. The van der Waals surface area contributed by atoms with Crippen molar-refractivity contribution in [2.24, 2.45) is 0 Å². The Kier molecular flexibility index (Phi) is 8.16. The van der Waals surface area contributed by atoms with Crippen LogP contribution >= 0.6 is 0 Å². The molecule has 0 aromatic carbocycles. The van der Waals surface area contributed by atoms with Gasteiger partial charge in [0.15, 0.2) is 0 Å². The summed E-state index contributed by atoms with van der Waals surface area (Å²) in [4.78, 5) is 11.1. The Balaban J connectivity index is 4.73. The van der Waals surface area contributed by atoms with Gasteiger partial charge in [0.25, 0.3) is 0 Å². The summed E-state index contributed by atoms with van der Waals surface area (Å²) in [7, 11) is 0. The smallest absolute Gasteiger partial charge is 0.303 e. The van der Waals surface area contributed by atoms with E-state index in [1.807, 2.05) is 13.0 Å². The Morgan fingerprint density at radius 1 is 1.35 bits per heavy atom. The first-order valence-corrected chi connectivity index (χ1v) is 7.00. The van der Waals surface area contributed by atoms with Crippen LogP contribution in [0.5, 0.6) is 0 Å². The van der Waals surface area contributed by atoms with E-state index in [0.29, 0.717) is 6.42 Å². The van der Waals surface area contributed by atoms with Crippen LogP contribution in [0.25, 0.3) is 0 Å². The molecular formula is C17H28O3. The molecule has 20 heavy (non-hydrogen) atoms. The third-order valence-corrected chi connectivity index (χ3v) is 2.93. The molecule has 0 bridgehead atoms. The van der Waals surface area contributed by atoms with Crippen molar-refractivity contribution in [2.45, 2.75) is 65.6 Å². The number of rotatable bonds is 8. The number of carbonyl (C=O) groups is 1. The van der Waals surface area contributed by atoms with E-state index in [1.165, 1.54) is 18.6 Å². The predicted molar refractivity (Wildman–Crippen MR) is 83.4 cm³/mol. The van der Waals surface area contributed by atoms with Gasteiger partial charge < -0.3 is 9.84 Å². The summed E-state index contributed by atoms with van der Waals surface area (Å²) in [6.07, 6.45) is 7.34. The fourth-order valence-corrected chi connectivity index (χ4v) is 1.83. The standard InChI is InChI=1S/C17H28O3/c1-7-17(6,19)12-16(20-15(5)18)11-14(4)10-8-9-13(2)3/h7,9,11,16,19H,1,8,10,12H2,2-6H3/b14-11-/t16-,17-/m1/s1. The molecule has 0 aromatic heterocycles. The van der Waals surface area contributed by atoms with Gasteiger partial charge in [-0.15, -0.1) is 6.58 Å². The van der Waals surface area contributed by atoms with E-state index in [-0.39, 0.29) is 5.97 Å². The Labute approximate surface area is 123 Å². The molecule has 0 aromatic rings. The van der Waals surface area contributed by atoms with E-state index < -0.39 is 11.7 Å². The Morgan fingerprint density at radius 2 is 1.95 bits per heavy atom. The van der Waals surface area contributed by atoms with Gasteiger partial charge in [-0.05, 0) is 46.6 Å². The van der Waals surface area contributed by atoms with Crippen LogP contribution in [0.1, 0.15) is 53.9 Å². The molecule has 0 unspecified atom stereocenters. The fraction of sp³-hybridized carbons (Fsp3) is 0.588. The van der Waals surface area contributed by atoms with Gasteiger partial charge in [-0.2, -0.15) is 0 Å². The van der Waals surface area contributed by atoms with Crippen molar-refractivity contribution in [3.63, 3.8) is 0 Å². The summed E-state index contributed by atoms with van der Waals surface area (Å²) in [5, 5.41) is 10.0. The molecule has 2 atom stereocenters. The van der Waals surface area contributed by atoms with Crippen molar-refractivity contribution in [3.05, 3.63) is 36.0 Å². The van der Waals surface area contributed by atoms with Crippen LogP contribution < -0.4 is 0 Å². The SMILES string of the molecule is C=C[C@@](C)(O)C[C@@H](/C=C(/C)CCC=C(C)C)OC(C)=O. The van der Waals surface area contributed by atoms with Crippen molar-refractivity contribution in [3.8, 4) is 0 Å². The Hall–Kier alpha value is -1.35. The van der Waals surface area contributed by atoms with Gasteiger partial charge in [-0.3, -0.25) is 4.79 Å². The summed E-state index contributed by atoms with van der Waals surface area (Å²) in [6.45, 7) is 12.8. The lowest BCUT2D eigenvalue weighted by atomic mass is 9.96. The molecule has 0 aliphatic carbocycles. The van der Waals surface area contributed by atoms with Crippen LogP contribution in [0.15, 0.2) is 36.0 Å². The highest BCUT2D eigenvalue weighted by molar-refractivity contribution is 5.66. The fourth-order valence-electron chi connectivity index (χ4n) is 1.83. The molecule has 3 heteroatoms. The third kappa shape index (κ3) is 9.56. The van der Waals surface area contributed by atoms with Gasteiger partial charge in [0.05, 0.1) is 5.60 Å². The summed E-state index contributed by atoms with van der Waals surface area (Å²) < 4.78 is 5.25. The second kappa shape index (κ2) is 8.75. The van der Waals surface area contributed by atoms with E-state index in [4.69, 9.17) is 4.74 Å². The zero-order valence-corrected chi connectivity index (χ0v) is 13.4. The van der Waals surface area contributed by atoms with Crippen molar-refractivity contribution < 1.29 is 14.6 Å². The molecular weight excluding hydrogens is 252 g/mol. The Morgan fingerprint density at radius 3 is 2.40 bits per heavy atom. The molecule has 0 rings (SSSR count). The molecule has 0 aliphatic heterocycles. The Bertz CT molecular complexity index is 385. The average molecular weight is 280 g/mol. The van der Waals surface area contributed by atoms with Gasteiger partial charge in [-0.1, -0.05) is 23.3 Å². The number of allylic oxidation sites excluding steroid dienone is 3. The predicted octanol–water partition coefficient (Wildman–Crippen LogP) is 3.94. The lowest BCUT2D eigenvalue weighted by Gasteiger charge is -2.24. The van der Waals surface area contributed by atoms with Crippen molar-refractivity contribution in [1.29, 1.82) is 0 Å². The molecule has 0 fully saturated rings. The lowest BCUT2D eigenvalue weighted by molar-refractivity contribution is -0.145. The van der Waals surface area contributed by atoms with E-state index >= 15 is 0 Å². The summed E-state index contributed by atoms with van der Waals surface area (Å²) in [6, 6.07) is 0. The highest BCUT2D eigenvalue weighted by atomic mass is 16.5. The zero-order chi connectivity index (χ0) is 15.8. The normalized spacial score (nSPS) is 16.0. The number of esters is 1. The summed E-state index contributed by atoms with van der Waals surface area (Å²) in [5.74, 6) is -0.344. The number of carbonyl (C=O) groups excluding carboxylic acids is 1. The first-order valence-electron chi connectivity index (χ1n) is 7.00. The van der Waals surface area contributed by atoms with Crippen molar-refractivity contribution in [1.82, 2.24) is 0 Å². The van der Waals surface area contributed by atoms with Crippen LogP contribution in [0.4, 0.5) is 0 Å². The maximum absolute atomic E-state index is 11.1. The van der Waals surface area contributed by atoms with Crippen molar-refractivity contribution in [2.75, 3.05) is 0 Å². The molecule has 0 saturated carbocycles. The van der Waals surface area contributed by atoms with E-state index in [9.17, 15) is 9.90 Å². The molecule has 0 spiro atoms. The number of ether oxygens (including phenoxy) is 1. The van der Waals surface area contributed by atoms with Crippen LogP contribution in [0.2, 0.25) is 0 Å². The molecule has 1 N–H and O–H groups in total. The number of hydrogen-bond acceptors (Lipinski definition) is 3. The molecule has 0 amide bonds. The molecule has 0 heterocycles. The highest BCUT2D eigenvalue weighted by Gasteiger charge is 2.22. The number of aliphatic hydroxyl groups is 1. The average Bonchev–Trinajstić information content (AvgIpc) is 2.26. The van der Waals surface area contributed by atoms with E-state index in [1.54, 1.807) is 6.92 Å². The van der Waals surface area contributed by atoms with E-state index in [0.717, 1.165) is 18.4 Å². The lowest BCUT2D eigenvalue weighted by Crippen LogP contribution is -2.29. The maximum atomic E-state index is 11.1. The minimum Gasteiger partial charge on any atom is -0.458 e. The van der Waals surface area contributed by atoms with Crippen molar-refractivity contribution >= 4 is 5.97 Å². The van der Waals surface area contributed by atoms with Gasteiger partial charge in [0.1, 0.15) is 6.10 Å². The topological polar surface area (TPSA) is 46.5 Å². The third-order valence-electron chi connectivity index (χ3n) is 2.93. The molecule has 3 nitrogen and oxygen atoms in total. The quantitative estimate of drug-likeness (QED) is 0.541. The van der Waals surface area contributed by atoms with Crippen LogP contribution in [-0.4, -0.2) is 22.8 Å². The number of hydrogen-bond donors (Lipinski definition) is 1. The van der Waals surface area contributed by atoms with Gasteiger partial charge in [0.2, 0.25) is 0 Å². The first kappa shape index (κ1) is 18.7.